The van der Waals surface area contributed by atoms with E-state index >= 15 is 0 Å². The fourth-order valence-electron chi connectivity index (χ4n) is 1.84. The van der Waals surface area contributed by atoms with Crippen LogP contribution in [-0.2, 0) is 6.54 Å². The molecule has 4 nitrogen and oxygen atoms in total. The molecule has 0 fully saturated rings. The maximum Gasteiger partial charge on any atom is 0.247 e. The minimum absolute atomic E-state index is 0.159. The van der Waals surface area contributed by atoms with E-state index in [1.54, 1.807) is 18.2 Å². The van der Waals surface area contributed by atoms with Gasteiger partial charge in [0.15, 0.2) is 0 Å². The summed E-state index contributed by atoms with van der Waals surface area (Å²) in [4.78, 5) is 0. The molecular formula is C15H10ClF2N3O. The molecule has 1 heterocycles. The zero-order valence-corrected chi connectivity index (χ0v) is 11.9. The number of benzene rings is 2. The number of nitrogens with one attached hydrogen (secondary N) is 1. The van der Waals surface area contributed by atoms with E-state index in [-0.39, 0.29) is 29.8 Å². The van der Waals surface area contributed by atoms with E-state index in [9.17, 15) is 8.78 Å². The first kappa shape index (κ1) is 14.5. The molecule has 1 N–H and O–H groups in total. The second-order valence-corrected chi connectivity index (χ2v) is 4.92. The van der Waals surface area contributed by atoms with Crippen molar-refractivity contribution >= 4 is 17.3 Å². The third-order valence-electron chi connectivity index (χ3n) is 2.92. The SMILES string of the molecule is Fc1ccc(-c2nnc(CNc3ccc(Cl)cc3F)o2)cc1. The molecule has 0 unspecified atom stereocenters. The van der Waals surface area contributed by atoms with Gasteiger partial charge in [0.25, 0.3) is 0 Å². The lowest BCUT2D eigenvalue weighted by molar-refractivity contribution is 0.514. The van der Waals surface area contributed by atoms with E-state index < -0.39 is 5.82 Å². The van der Waals surface area contributed by atoms with Gasteiger partial charge in [0, 0.05) is 10.6 Å². The monoisotopic (exact) mass is 321 g/mol. The maximum atomic E-state index is 13.6. The lowest BCUT2D eigenvalue weighted by atomic mass is 10.2. The van der Waals surface area contributed by atoms with Gasteiger partial charge >= 0.3 is 0 Å². The highest BCUT2D eigenvalue weighted by atomic mass is 35.5. The van der Waals surface area contributed by atoms with E-state index in [0.29, 0.717) is 10.6 Å². The molecule has 0 saturated heterocycles. The fourth-order valence-corrected chi connectivity index (χ4v) is 2.00. The summed E-state index contributed by atoms with van der Waals surface area (Å²) >= 11 is 5.68. The molecule has 0 atom stereocenters. The molecule has 1 aromatic heterocycles. The predicted octanol–water partition coefficient (Wildman–Crippen LogP) is 4.28. The van der Waals surface area contributed by atoms with Gasteiger partial charge in [-0.1, -0.05) is 11.6 Å². The van der Waals surface area contributed by atoms with Crippen molar-refractivity contribution in [3.8, 4) is 11.5 Å². The van der Waals surface area contributed by atoms with Crippen LogP contribution in [0.15, 0.2) is 46.9 Å². The first-order valence-electron chi connectivity index (χ1n) is 6.39. The second-order valence-electron chi connectivity index (χ2n) is 4.49. The van der Waals surface area contributed by atoms with Crippen LogP contribution in [0.5, 0.6) is 0 Å². The summed E-state index contributed by atoms with van der Waals surface area (Å²) in [6.07, 6.45) is 0. The molecule has 112 valence electrons. The standard InChI is InChI=1S/C15H10ClF2N3O/c16-10-3-6-13(12(18)7-10)19-8-14-20-21-15(22-14)9-1-4-11(17)5-2-9/h1-7,19H,8H2. The second kappa shape index (κ2) is 6.11. The molecule has 3 rings (SSSR count). The summed E-state index contributed by atoms with van der Waals surface area (Å²) in [5.41, 5.74) is 0.892. The van der Waals surface area contributed by atoms with Crippen LogP contribution in [0, 0.1) is 11.6 Å². The van der Waals surface area contributed by atoms with Crippen LogP contribution >= 0.6 is 11.6 Å². The van der Waals surface area contributed by atoms with Crippen molar-refractivity contribution in [1.29, 1.82) is 0 Å². The molecule has 0 saturated carbocycles. The quantitative estimate of drug-likeness (QED) is 0.779. The van der Waals surface area contributed by atoms with Crippen molar-refractivity contribution in [2.75, 3.05) is 5.32 Å². The van der Waals surface area contributed by atoms with E-state index in [1.807, 2.05) is 0 Å². The Bertz CT molecular complexity index is 790. The van der Waals surface area contributed by atoms with Gasteiger partial charge in [0.2, 0.25) is 11.8 Å². The number of hydrogen-bond donors (Lipinski definition) is 1. The third-order valence-corrected chi connectivity index (χ3v) is 3.15. The van der Waals surface area contributed by atoms with Gasteiger partial charge in [-0.15, -0.1) is 10.2 Å². The summed E-state index contributed by atoms with van der Waals surface area (Å²) in [5, 5.41) is 10.9. The van der Waals surface area contributed by atoms with Gasteiger partial charge in [-0.3, -0.25) is 0 Å². The number of nitrogens with zero attached hydrogens (tertiary/aromatic N) is 2. The molecule has 0 aliphatic carbocycles. The normalized spacial score (nSPS) is 10.7. The van der Waals surface area contributed by atoms with Crippen molar-refractivity contribution in [1.82, 2.24) is 10.2 Å². The number of halogens is 3. The minimum Gasteiger partial charge on any atom is -0.419 e. The van der Waals surface area contributed by atoms with Crippen LogP contribution in [0.25, 0.3) is 11.5 Å². The summed E-state index contributed by atoms with van der Waals surface area (Å²) in [6, 6.07) is 10.0. The van der Waals surface area contributed by atoms with Gasteiger partial charge in [-0.2, -0.15) is 0 Å². The maximum absolute atomic E-state index is 13.6. The van der Waals surface area contributed by atoms with Crippen LogP contribution in [-0.4, -0.2) is 10.2 Å². The molecule has 2 aromatic carbocycles. The van der Waals surface area contributed by atoms with Crippen LogP contribution in [0.4, 0.5) is 14.5 Å². The average Bonchev–Trinajstić information content (AvgIpc) is 2.96. The Kier molecular flexibility index (Phi) is 4.02. The van der Waals surface area contributed by atoms with Gasteiger partial charge in [0.1, 0.15) is 11.6 Å². The molecule has 22 heavy (non-hydrogen) atoms. The summed E-state index contributed by atoms with van der Waals surface area (Å²) in [5.74, 6) is -0.254. The van der Waals surface area contributed by atoms with E-state index in [2.05, 4.69) is 15.5 Å². The lowest BCUT2D eigenvalue weighted by Gasteiger charge is -2.04. The van der Waals surface area contributed by atoms with Crippen molar-refractivity contribution in [3.63, 3.8) is 0 Å². The number of aromatic nitrogens is 2. The number of rotatable bonds is 4. The Labute approximate surface area is 129 Å². The summed E-state index contributed by atoms with van der Waals surface area (Å²) < 4.78 is 31.9. The van der Waals surface area contributed by atoms with Gasteiger partial charge in [0.05, 0.1) is 12.2 Å². The van der Waals surface area contributed by atoms with Gasteiger partial charge in [-0.05, 0) is 42.5 Å². The average molecular weight is 322 g/mol. The van der Waals surface area contributed by atoms with Gasteiger partial charge < -0.3 is 9.73 Å². The fraction of sp³-hybridized carbons (Fsp3) is 0.0667. The molecule has 0 radical (unpaired) electrons. The molecule has 0 bridgehead atoms. The summed E-state index contributed by atoms with van der Waals surface area (Å²) in [6.45, 7) is 0.159. The van der Waals surface area contributed by atoms with Crippen molar-refractivity contribution in [3.05, 3.63) is 65.0 Å². The smallest absolute Gasteiger partial charge is 0.247 e. The van der Waals surface area contributed by atoms with E-state index in [1.165, 1.54) is 24.3 Å². The molecule has 3 aromatic rings. The van der Waals surface area contributed by atoms with Crippen LogP contribution in [0.2, 0.25) is 5.02 Å². The lowest BCUT2D eigenvalue weighted by Crippen LogP contribution is -2.01. The Morgan fingerprint density at radius 3 is 2.55 bits per heavy atom. The third kappa shape index (κ3) is 3.23. The Hall–Kier alpha value is -2.47. The van der Waals surface area contributed by atoms with Gasteiger partial charge in [-0.25, -0.2) is 8.78 Å². The first-order valence-corrected chi connectivity index (χ1v) is 6.77. The number of hydrogen-bond acceptors (Lipinski definition) is 4. The molecule has 7 heteroatoms. The molecule has 0 amide bonds. The largest absolute Gasteiger partial charge is 0.419 e. The van der Waals surface area contributed by atoms with Crippen molar-refractivity contribution in [2.45, 2.75) is 6.54 Å². The first-order chi connectivity index (χ1) is 10.6. The molecule has 0 spiro atoms. The summed E-state index contributed by atoms with van der Waals surface area (Å²) in [7, 11) is 0. The zero-order chi connectivity index (χ0) is 15.5. The highest BCUT2D eigenvalue weighted by molar-refractivity contribution is 6.30. The Morgan fingerprint density at radius 1 is 1.05 bits per heavy atom. The topological polar surface area (TPSA) is 51.0 Å². The minimum atomic E-state index is -0.467. The van der Waals surface area contributed by atoms with Crippen LogP contribution < -0.4 is 5.32 Å². The highest BCUT2D eigenvalue weighted by Gasteiger charge is 2.09. The van der Waals surface area contributed by atoms with Crippen LogP contribution in [0.3, 0.4) is 0 Å². The van der Waals surface area contributed by atoms with Crippen LogP contribution in [0.1, 0.15) is 5.89 Å². The molecule has 0 aliphatic heterocycles. The Morgan fingerprint density at radius 2 is 1.82 bits per heavy atom. The highest BCUT2D eigenvalue weighted by Crippen LogP contribution is 2.21. The number of anilines is 1. The van der Waals surface area contributed by atoms with E-state index in [0.717, 1.165) is 0 Å². The van der Waals surface area contributed by atoms with Crippen molar-refractivity contribution in [2.24, 2.45) is 0 Å². The van der Waals surface area contributed by atoms with Crippen molar-refractivity contribution < 1.29 is 13.2 Å². The molecular weight excluding hydrogens is 312 g/mol. The van der Waals surface area contributed by atoms with E-state index in [4.69, 9.17) is 16.0 Å². The Balaban J connectivity index is 1.70. The zero-order valence-electron chi connectivity index (χ0n) is 11.2. The predicted molar refractivity (Wildman–Crippen MR) is 78.4 cm³/mol. The molecule has 0 aliphatic rings.